The van der Waals surface area contributed by atoms with E-state index in [1.807, 2.05) is 0 Å². The molecule has 0 saturated heterocycles. The summed E-state index contributed by atoms with van der Waals surface area (Å²) >= 11 is 5.57. The van der Waals surface area contributed by atoms with Gasteiger partial charge < -0.3 is 5.73 Å². The van der Waals surface area contributed by atoms with E-state index in [0.717, 1.165) is 24.4 Å². The number of amides is 2. The topological polar surface area (TPSA) is 67.5 Å². The number of alkyl halides is 3. The lowest BCUT2D eigenvalue weighted by atomic mass is 10.1. The molecule has 2 amide bonds. The number of urea groups is 1. The summed E-state index contributed by atoms with van der Waals surface area (Å²) < 4.78 is 37.6. The molecule has 8 heteroatoms. The fraction of sp³-hybridized carbons (Fsp3) is 0.111. The third-order valence-electron chi connectivity index (χ3n) is 1.70. The predicted octanol–water partition coefficient (Wildman–Crippen LogP) is 2.36. The quantitative estimate of drug-likeness (QED) is 0.625. The van der Waals surface area contributed by atoms with Crippen molar-refractivity contribution in [3.8, 4) is 0 Å². The van der Waals surface area contributed by atoms with Crippen LogP contribution in [0.4, 0.5) is 18.0 Å². The van der Waals surface area contributed by atoms with Crippen LogP contribution in [0.3, 0.4) is 0 Å². The van der Waals surface area contributed by atoms with Crippen molar-refractivity contribution in [3.63, 3.8) is 0 Å². The SMILES string of the molecule is NC(=O)NN=Cc1cc(Cl)ccc1C(F)(F)F. The van der Waals surface area contributed by atoms with Gasteiger partial charge in [-0.05, 0) is 18.2 Å². The van der Waals surface area contributed by atoms with E-state index in [0.29, 0.717) is 0 Å². The molecule has 92 valence electrons. The van der Waals surface area contributed by atoms with Gasteiger partial charge in [0.2, 0.25) is 0 Å². The Morgan fingerprint density at radius 3 is 2.65 bits per heavy atom. The van der Waals surface area contributed by atoms with Crippen LogP contribution in [0.5, 0.6) is 0 Å². The molecule has 0 heterocycles. The normalized spacial score (nSPS) is 11.8. The van der Waals surface area contributed by atoms with Crippen molar-refractivity contribution in [2.45, 2.75) is 6.18 Å². The molecule has 0 aromatic heterocycles. The zero-order chi connectivity index (χ0) is 13.1. The van der Waals surface area contributed by atoms with Gasteiger partial charge in [0.05, 0.1) is 11.8 Å². The van der Waals surface area contributed by atoms with Crippen molar-refractivity contribution in [1.82, 2.24) is 5.43 Å². The fourth-order valence-corrected chi connectivity index (χ4v) is 1.24. The van der Waals surface area contributed by atoms with Gasteiger partial charge in [-0.1, -0.05) is 11.6 Å². The number of carbonyl (C=O) groups excluding carboxylic acids is 1. The molecule has 4 nitrogen and oxygen atoms in total. The Morgan fingerprint density at radius 2 is 2.12 bits per heavy atom. The molecule has 17 heavy (non-hydrogen) atoms. The minimum absolute atomic E-state index is 0.124. The second-order valence-corrected chi connectivity index (χ2v) is 3.40. The number of hydrogen-bond donors (Lipinski definition) is 2. The second-order valence-electron chi connectivity index (χ2n) is 2.96. The van der Waals surface area contributed by atoms with Crippen LogP contribution >= 0.6 is 11.6 Å². The van der Waals surface area contributed by atoms with Gasteiger partial charge in [0.25, 0.3) is 0 Å². The first-order valence-electron chi connectivity index (χ1n) is 4.26. The van der Waals surface area contributed by atoms with E-state index in [1.54, 1.807) is 5.43 Å². The molecule has 1 aromatic carbocycles. The molecule has 1 aromatic rings. The first-order chi connectivity index (χ1) is 7.80. The number of nitrogens with one attached hydrogen (secondary N) is 1. The maximum Gasteiger partial charge on any atom is 0.417 e. The summed E-state index contributed by atoms with van der Waals surface area (Å²) in [5.74, 6) is 0. The molecule has 1 rings (SSSR count). The summed E-state index contributed by atoms with van der Waals surface area (Å²) in [6.45, 7) is 0. The molecular weight excluding hydrogens is 259 g/mol. The van der Waals surface area contributed by atoms with Crippen LogP contribution in [-0.4, -0.2) is 12.2 Å². The van der Waals surface area contributed by atoms with Crippen LogP contribution in [0.15, 0.2) is 23.3 Å². The van der Waals surface area contributed by atoms with Gasteiger partial charge in [0.15, 0.2) is 0 Å². The number of nitrogens with two attached hydrogens (primary N) is 1. The maximum absolute atomic E-state index is 12.5. The number of rotatable bonds is 2. The average Bonchev–Trinajstić information content (AvgIpc) is 2.15. The summed E-state index contributed by atoms with van der Waals surface area (Å²) in [6.07, 6.45) is -3.71. The minimum atomic E-state index is -4.53. The Labute approximate surface area is 99.2 Å². The Bertz CT molecular complexity index is 459. The highest BCUT2D eigenvalue weighted by Gasteiger charge is 2.32. The van der Waals surface area contributed by atoms with Gasteiger partial charge in [0, 0.05) is 10.6 Å². The summed E-state index contributed by atoms with van der Waals surface area (Å²) in [4.78, 5) is 10.3. The third kappa shape index (κ3) is 3.95. The van der Waals surface area contributed by atoms with E-state index in [2.05, 4.69) is 5.10 Å². The number of benzene rings is 1. The lowest BCUT2D eigenvalue weighted by Crippen LogP contribution is -2.24. The van der Waals surface area contributed by atoms with Gasteiger partial charge in [-0.25, -0.2) is 10.2 Å². The zero-order valence-electron chi connectivity index (χ0n) is 8.25. The number of hydrogen-bond acceptors (Lipinski definition) is 2. The molecule has 0 radical (unpaired) electrons. The highest BCUT2D eigenvalue weighted by atomic mass is 35.5. The number of halogens is 4. The molecule has 0 aliphatic heterocycles. The number of nitrogens with zero attached hydrogens (tertiary/aromatic N) is 1. The number of carbonyl (C=O) groups is 1. The predicted molar refractivity (Wildman–Crippen MR) is 56.8 cm³/mol. The first kappa shape index (κ1) is 13.3. The van der Waals surface area contributed by atoms with E-state index in [-0.39, 0.29) is 10.6 Å². The molecule has 0 unspecified atom stereocenters. The Morgan fingerprint density at radius 1 is 1.47 bits per heavy atom. The lowest BCUT2D eigenvalue weighted by molar-refractivity contribution is -0.137. The molecule has 0 bridgehead atoms. The number of hydrazone groups is 1. The van der Waals surface area contributed by atoms with Crippen LogP contribution in [-0.2, 0) is 6.18 Å². The Kier molecular flexibility index (Phi) is 3.95. The first-order valence-corrected chi connectivity index (χ1v) is 4.64. The van der Waals surface area contributed by atoms with Crippen molar-refractivity contribution in [3.05, 3.63) is 34.3 Å². The van der Waals surface area contributed by atoms with Gasteiger partial charge in [-0.15, -0.1) is 0 Å². The summed E-state index contributed by atoms with van der Waals surface area (Å²) in [6, 6.07) is 2.05. The molecule has 0 spiro atoms. The summed E-state index contributed by atoms with van der Waals surface area (Å²) in [7, 11) is 0. The van der Waals surface area contributed by atoms with Crippen molar-refractivity contribution in [2.75, 3.05) is 0 Å². The molecule has 3 N–H and O–H groups in total. The van der Waals surface area contributed by atoms with Crippen molar-refractivity contribution in [2.24, 2.45) is 10.8 Å². The monoisotopic (exact) mass is 265 g/mol. The highest BCUT2D eigenvalue weighted by molar-refractivity contribution is 6.30. The van der Waals surface area contributed by atoms with Gasteiger partial charge in [-0.3, -0.25) is 0 Å². The van der Waals surface area contributed by atoms with E-state index in [9.17, 15) is 18.0 Å². The van der Waals surface area contributed by atoms with Gasteiger partial charge in [0.1, 0.15) is 0 Å². The average molecular weight is 266 g/mol. The maximum atomic E-state index is 12.5. The van der Waals surface area contributed by atoms with E-state index in [4.69, 9.17) is 17.3 Å². The Balaban J connectivity index is 3.08. The van der Waals surface area contributed by atoms with E-state index >= 15 is 0 Å². The molecular formula is C9H7ClF3N3O. The van der Waals surface area contributed by atoms with Crippen molar-refractivity contribution >= 4 is 23.8 Å². The van der Waals surface area contributed by atoms with Gasteiger partial charge in [-0.2, -0.15) is 18.3 Å². The molecule has 0 atom stereocenters. The van der Waals surface area contributed by atoms with E-state index < -0.39 is 17.8 Å². The smallest absolute Gasteiger partial charge is 0.350 e. The highest BCUT2D eigenvalue weighted by Crippen LogP contribution is 2.32. The van der Waals surface area contributed by atoms with Crippen LogP contribution < -0.4 is 11.2 Å². The lowest BCUT2D eigenvalue weighted by Gasteiger charge is -2.09. The van der Waals surface area contributed by atoms with Crippen LogP contribution in [0, 0.1) is 0 Å². The van der Waals surface area contributed by atoms with Crippen LogP contribution in [0.25, 0.3) is 0 Å². The minimum Gasteiger partial charge on any atom is -0.350 e. The zero-order valence-corrected chi connectivity index (χ0v) is 9.01. The second kappa shape index (κ2) is 5.05. The summed E-state index contributed by atoms with van der Waals surface area (Å²) in [5.41, 5.74) is 5.32. The molecule has 0 aliphatic carbocycles. The molecule has 0 fully saturated rings. The fourth-order valence-electron chi connectivity index (χ4n) is 1.06. The standard InChI is InChI=1S/C9H7ClF3N3O/c10-6-1-2-7(9(11,12)13)5(3-6)4-15-16-8(14)17/h1-4H,(H3,14,16,17). The Hall–Kier alpha value is -1.76. The third-order valence-corrected chi connectivity index (χ3v) is 1.93. The van der Waals surface area contributed by atoms with Gasteiger partial charge >= 0.3 is 12.2 Å². The van der Waals surface area contributed by atoms with Crippen LogP contribution in [0.1, 0.15) is 11.1 Å². The summed E-state index contributed by atoms with van der Waals surface area (Å²) in [5, 5.41) is 3.37. The largest absolute Gasteiger partial charge is 0.417 e. The van der Waals surface area contributed by atoms with Crippen molar-refractivity contribution in [1.29, 1.82) is 0 Å². The number of primary amides is 1. The van der Waals surface area contributed by atoms with Crippen molar-refractivity contribution < 1.29 is 18.0 Å². The molecule has 0 aliphatic rings. The van der Waals surface area contributed by atoms with Crippen LogP contribution in [0.2, 0.25) is 5.02 Å². The van der Waals surface area contributed by atoms with E-state index in [1.165, 1.54) is 0 Å². The molecule has 0 saturated carbocycles.